The lowest BCUT2D eigenvalue weighted by atomic mass is 10.0. The second-order valence-electron chi connectivity index (χ2n) is 10.2. The molecule has 5 rings (SSSR count). The number of carbonyl (C=O) groups excluding carboxylic acids is 2. The molecule has 1 fully saturated rings. The molecular formula is C34H34N2O5S. The van der Waals surface area contributed by atoms with Gasteiger partial charge in [-0.1, -0.05) is 66.7 Å². The Morgan fingerprint density at radius 2 is 1.50 bits per heavy atom. The first-order chi connectivity index (χ1) is 20.5. The Hall–Kier alpha value is -3.95. The zero-order chi connectivity index (χ0) is 29.3. The molecule has 3 atom stereocenters. The fraction of sp³-hybridized carbons (Fsp3) is 0.235. The van der Waals surface area contributed by atoms with Crippen molar-refractivity contribution in [3.05, 3.63) is 131 Å². The Kier molecular flexibility index (Phi) is 10.0. The van der Waals surface area contributed by atoms with Gasteiger partial charge in [-0.05, 0) is 53.1 Å². The molecule has 4 aromatic carbocycles. The number of hydrogen-bond donors (Lipinski definition) is 3. The highest BCUT2D eigenvalue weighted by Crippen LogP contribution is 2.39. The van der Waals surface area contributed by atoms with Crippen LogP contribution in [0.2, 0.25) is 0 Å². The van der Waals surface area contributed by atoms with Crippen LogP contribution in [0, 0.1) is 0 Å². The number of ether oxygens (including phenoxy) is 2. The number of nitrogens with one attached hydrogen (secondary N) is 2. The first-order valence-electron chi connectivity index (χ1n) is 13.9. The molecule has 0 saturated carbocycles. The van der Waals surface area contributed by atoms with Gasteiger partial charge in [0.1, 0.15) is 0 Å². The number of amides is 2. The normalized spacial score (nSPS) is 18.3. The summed E-state index contributed by atoms with van der Waals surface area (Å²) in [7, 11) is 0. The molecular weight excluding hydrogens is 548 g/mol. The van der Waals surface area contributed by atoms with Gasteiger partial charge in [0.2, 0.25) is 5.91 Å². The van der Waals surface area contributed by atoms with Crippen molar-refractivity contribution in [1.29, 1.82) is 0 Å². The number of aliphatic hydroxyl groups excluding tert-OH is 1. The molecule has 1 aliphatic rings. The van der Waals surface area contributed by atoms with Crippen molar-refractivity contribution in [2.75, 3.05) is 11.1 Å². The summed E-state index contributed by atoms with van der Waals surface area (Å²) >= 11 is 1.70. The Labute approximate surface area is 250 Å². The van der Waals surface area contributed by atoms with Crippen molar-refractivity contribution in [2.24, 2.45) is 0 Å². The van der Waals surface area contributed by atoms with Crippen molar-refractivity contribution in [3.63, 3.8) is 0 Å². The molecule has 0 unspecified atom stereocenters. The summed E-state index contributed by atoms with van der Waals surface area (Å²) in [5.74, 6) is 0.521. The molecule has 0 aliphatic carbocycles. The SMILES string of the molecule is CC(=O)Nc1ccc(SC[C@@H]2C[C@H](c3ccc(CO)cc3)O[C@H](c3ccc(CNC(=O)c4ccccc4)cc3)O2)cc1. The van der Waals surface area contributed by atoms with Gasteiger partial charge in [0, 0.05) is 47.4 Å². The van der Waals surface area contributed by atoms with Crippen LogP contribution in [0.1, 0.15) is 58.4 Å². The smallest absolute Gasteiger partial charge is 0.251 e. The van der Waals surface area contributed by atoms with Crippen molar-refractivity contribution in [1.82, 2.24) is 5.32 Å². The number of benzene rings is 4. The van der Waals surface area contributed by atoms with Crippen LogP contribution >= 0.6 is 11.8 Å². The average molecular weight is 583 g/mol. The van der Waals surface area contributed by atoms with Crippen molar-refractivity contribution in [2.45, 2.75) is 49.9 Å². The third-order valence-corrected chi connectivity index (χ3v) is 8.11. The Morgan fingerprint density at radius 1 is 0.833 bits per heavy atom. The fourth-order valence-corrected chi connectivity index (χ4v) is 5.64. The standard InChI is InChI=1S/C34H34N2O5S/c1-23(38)36-29-15-17-31(18-16-29)42-22-30-19-32(26-11-9-25(21-37)10-12-26)41-34(40-30)28-13-7-24(8-14-28)20-35-33(39)27-5-3-2-4-6-27/h2-18,30,32,34,37H,19-22H2,1H3,(H,35,39)(H,36,38)/t30-,32+,34+/m0/s1. The van der Waals surface area contributed by atoms with Gasteiger partial charge in [0.05, 0.1) is 18.8 Å². The fourth-order valence-electron chi connectivity index (χ4n) is 4.72. The maximum Gasteiger partial charge on any atom is 0.251 e. The van der Waals surface area contributed by atoms with Gasteiger partial charge >= 0.3 is 0 Å². The molecule has 8 heteroatoms. The van der Waals surface area contributed by atoms with E-state index >= 15 is 0 Å². The molecule has 4 aromatic rings. The van der Waals surface area contributed by atoms with Gasteiger partial charge in [-0.25, -0.2) is 0 Å². The lowest BCUT2D eigenvalue weighted by Crippen LogP contribution is -2.31. The zero-order valence-corrected chi connectivity index (χ0v) is 24.2. The predicted molar refractivity (Wildman–Crippen MR) is 164 cm³/mol. The van der Waals surface area contributed by atoms with Gasteiger partial charge in [-0.2, -0.15) is 0 Å². The summed E-state index contributed by atoms with van der Waals surface area (Å²) in [5, 5.41) is 15.2. The van der Waals surface area contributed by atoms with E-state index in [0.717, 1.165) is 38.6 Å². The number of thioether (sulfide) groups is 1. The maximum atomic E-state index is 12.4. The van der Waals surface area contributed by atoms with E-state index in [1.807, 2.05) is 91.0 Å². The number of anilines is 1. The van der Waals surface area contributed by atoms with Crippen LogP contribution in [0.5, 0.6) is 0 Å². The van der Waals surface area contributed by atoms with Crippen LogP contribution in [0.15, 0.2) is 108 Å². The van der Waals surface area contributed by atoms with Crippen LogP contribution in [0.3, 0.4) is 0 Å². The minimum atomic E-state index is -0.554. The lowest BCUT2D eigenvalue weighted by molar-refractivity contribution is -0.245. The third kappa shape index (κ3) is 8.08. The molecule has 216 valence electrons. The van der Waals surface area contributed by atoms with E-state index in [1.165, 1.54) is 6.92 Å². The van der Waals surface area contributed by atoms with E-state index in [2.05, 4.69) is 10.6 Å². The highest BCUT2D eigenvalue weighted by atomic mass is 32.2. The van der Waals surface area contributed by atoms with Gasteiger partial charge in [-0.15, -0.1) is 11.8 Å². The first kappa shape index (κ1) is 29.5. The largest absolute Gasteiger partial charge is 0.392 e. The molecule has 1 heterocycles. The zero-order valence-electron chi connectivity index (χ0n) is 23.4. The minimum Gasteiger partial charge on any atom is -0.392 e. The van der Waals surface area contributed by atoms with Crippen LogP contribution < -0.4 is 10.6 Å². The van der Waals surface area contributed by atoms with E-state index in [9.17, 15) is 14.7 Å². The van der Waals surface area contributed by atoms with Crippen LogP contribution in [0.25, 0.3) is 0 Å². The summed E-state index contributed by atoms with van der Waals surface area (Å²) in [6.07, 6.45) is -0.109. The Balaban J connectivity index is 1.26. The molecule has 2 amide bonds. The lowest BCUT2D eigenvalue weighted by Gasteiger charge is -2.36. The van der Waals surface area contributed by atoms with Gasteiger partial charge in [-0.3, -0.25) is 9.59 Å². The highest BCUT2D eigenvalue weighted by Gasteiger charge is 2.32. The second kappa shape index (κ2) is 14.3. The van der Waals surface area contributed by atoms with E-state index < -0.39 is 6.29 Å². The average Bonchev–Trinajstić information content (AvgIpc) is 3.03. The topological polar surface area (TPSA) is 96.9 Å². The maximum absolute atomic E-state index is 12.4. The quantitative estimate of drug-likeness (QED) is 0.187. The predicted octanol–water partition coefficient (Wildman–Crippen LogP) is 6.41. The number of aliphatic hydroxyl groups is 1. The van der Waals surface area contributed by atoms with E-state index in [1.54, 1.807) is 23.9 Å². The van der Waals surface area contributed by atoms with E-state index in [-0.39, 0.29) is 30.6 Å². The molecule has 0 bridgehead atoms. The summed E-state index contributed by atoms with van der Waals surface area (Å²) in [6, 6.07) is 32.7. The van der Waals surface area contributed by atoms with Crippen LogP contribution in [0.4, 0.5) is 5.69 Å². The van der Waals surface area contributed by atoms with Crippen molar-refractivity contribution < 1.29 is 24.2 Å². The van der Waals surface area contributed by atoms with Crippen molar-refractivity contribution in [3.8, 4) is 0 Å². The molecule has 0 spiro atoms. The van der Waals surface area contributed by atoms with Crippen LogP contribution in [-0.4, -0.2) is 28.8 Å². The van der Waals surface area contributed by atoms with Crippen LogP contribution in [-0.2, 0) is 27.4 Å². The third-order valence-electron chi connectivity index (χ3n) is 6.97. The summed E-state index contributed by atoms with van der Waals surface area (Å²) in [4.78, 5) is 24.8. The molecule has 3 N–H and O–H groups in total. The van der Waals surface area contributed by atoms with Gasteiger partial charge in [0.25, 0.3) is 5.91 Å². The summed E-state index contributed by atoms with van der Waals surface area (Å²) < 4.78 is 12.9. The molecule has 1 saturated heterocycles. The van der Waals surface area contributed by atoms with E-state index in [4.69, 9.17) is 9.47 Å². The Morgan fingerprint density at radius 3 is 2.17 bits per heavy atom. The monoisotopic (exact) mass is 582 g/mol. The van der Waals surface area contributed by atoms with Gasteiger partial charge in [0.15, 0.2) is 6.29 Å². The van der Waals surface area contributed by atoms with E-state index in [0.29, 0.717) is 18.5 Å². The second-order valence-corrected chi connectivity index (χ2v) is 11.3. The molecule has 42 heavy (non-hydrogen) atoms. The minimum absolute atomic E-state index is 0.00428. The molecule has 7 nitrogen and oxygen atoms in total. The number of hydrogen-bond acceptors (Lipinski definition) is 6. The molecule has 0 aromatic heterocycles. The number of rotatable bonds is 10. The highest BCUT2D eigenvalue weighted by molar-refractivity contribution is 7.99. The van der Waals surface area contributed by atoms with Crippen molar-refractivity contribution >= 4 is 29.3 Å². The molecule has 0 radical (unpaired) electrons. The van der Waals surface area contributed by atoms with Gasteiger partial charge < -0.3 is 25.2 Å². The molecule has 1 aliphatic heterocycles. The first-order valence-corrected chi connectivity index (χ1v) is 14.9. The summed E-state index contributed by atoms with van der Waals surface area (Å²) in [5.41, 5.74) is 5.17. The Bertz CT molecular complexity index is 1460. The summed E-state index contributed by atoms with van der Waals surface area (Å²) in [6.45, 7) is 1.91. The number of carbonyl (C=O) groups is 2.